The lowest BCUT2D eigenvalue weighted by Crippen LogP contribution is -2.46. The highest BCUT2D eigenvalue weighted by molar-refractivity contribution is 6.02. The fourth-order valence-corrected chi connectivity index (χ4v) is 6.69. The van der Waals surface area contributed by atoms with Crippen molar-refractivity contribution in [1.82, 2.24) is 10.2 Å². The first-order chi connectivity index (χ1) is 26.3. The number of ether oxygens (including phenoxy) is 4. The number of hydrogen-bond donors (Lipinski definition) is 3. The first-order valence-corrected chi connectivity index (χ1v) is 19.0. The molecule has 0 aromatic heterocycles. The number of amides is 3. The molecule has 1 aliphatic heterocycles. The third-order valence-electron chi connectivity index (χ3n) is 9.57. The zero-order valence-corrected chi connectivity index (χ0v) is 31.6. The largest absolute Gasteiger partial charge is 0.493 e. The van der Waals surface area contributed by atoms with Gasteiger partial charge < -0.3 is 39.9 Å². The highest BCUT2D eigenvalue weighted by atomic mass is 16.5. The molecule has 54 heavy (non-hydrogen) atoms. The van der Waals surface area contributed by atoms with E-state index >= 15 is 0 Å². The number of aliphatic hydroxyl groups excluding tert-OH is 1. The molecule has 1 heterocycles. The molecule has 0 saturated carbocycles. The zero-order valence-electron chi connectivity index (χ0n) is 31.6. The minimum Gasteiger partial charge on any atom is -0.493 e. The number of methoxy groups -OCH3 is 2. The fourth-order valence-electron chi connectivity index (χ4n) is 6.69. The van der Waals surface area contributed by atoms with Crippen molar-refractivity contribution in [1.29, 1.82) is 0 Å². The van der Waals surface area contributed by atoms with Gasteiger partial charge in [0.1, 0.15) is 23.8 Å². The maximum Gasteiger partial charge on any atom is 0.257 e. The summed E-state index contributed by atoms with van der Waals surface area (Å²) in [6.45, 7) is 1.04. The molecule has 4 rings (SSSR count). The SMILES string of the molecule is COc1ccc(CCCc2cccc(OCC(=O)NCCCCCCCCCCOc3cccc4c3C(O)N(C(CCC=O)C(N)=O)C4=O)c2)cc1OC. The second-order valence-corrected chi connectivity index (χ2v) is 13.5. The second-order valence-electron chi connectivity index (χ2n) is 13.5. The van der Waals surface area contributed by atoms with Crippen LogP contribution in [-0.4, -0.2) is 74.0 Å². The summed E-state index contributed by atoms with van der Waals surface area (Å²) in [6, 6.07) is 17.8. The monoisotopic (exact) mass is 745 g/mol. The van der Waals surface area contributed by atoms with Crippen LogP contribution in [0.15, 0.2) is 60.7 Å². The predicted molar refractivity (Wildman–Crippen MR) is 205 cm³/mol. The molecule has 3 amide bonds. The number of aldehydes is 1. The lowest BCUT2D eigenvalue weighted by Gasteiger charge is -2.28. The van der Waals surface area contributed by atoms with Gasteiger partial charge in [-0.3, -0.25) is 19.3 Å². The normalized spacial score (nSPS) is 13.9. The number of nitrogens with one attached hydrogen (secondary N) is 1. The molecular formula is C42H55N3O9. The Labute approximate surface area is 318 Å². The molecule has 2 atom stereocenters. The van der Waals surface area contributed by atoms with Crippen LogP contribution in [0.25, 0.3) is 0 Å². The van der Waals surface area contributed by atoms with Crippen LogP contribution in [0.2, 0.25) is 0 Å². The van der Waals surface area contributed by atoms with Crippen LogP contribution in [0.1, 0.15) is 104 Å². The zero-order chi connectivity index (χ0) is 38.7. The number of unbranched alkanes of at least 4 members (excludes halogenated alkanes) is 7. The summed E-state index contributed by atoms with van der Waals surface area (Å²) in [7, 11) is 3.27. The minimum absolute atomic E-state index is 0.0130. The van der Waals surface area contributed by atoms with Crippen molar-refractivity contribution in [3.8, 4) is 23.0 Å². The molecule has 0 saturated heterocycles. The molecule has 0 bridgehead atoms. The molecular weight excluding hydrogens is 690 g/mol. The van der Waals surface area contributed by atoms with Crippen molar-refractivity contribution in [2.45, 2.75) is 95.7 Å². The molecule has 2 unspecified atom stereocenters. The van der Waals surface area contributed by atoms with E-state index in [1.165, 1.54) is 5.56 Å². The Bertz CT molecular complexity index is 1680. The lowest BCUT2D eigenvalue weighted by molar-refractivity contribution is -0.126. The van der Waals surface area contributed by atoms with Crippen molar-refractivity contribution in [2.75, 3.05) is 34.0 Å². The smallest absolute Gasteiger partial charge is 0.257 e. The number of carbonyl (C=O) groups excluding carboxylic acids is 4. The molecule has 12 heteroatoms. The highest BCUT2D eigenvalue weighted by Crippen LogP contribution is 2.40. The van der Waals surface area contributed by atoms with Crippen LogP contribution in [-0.2, 0) is 27.2 Å². The Morgan fingerprint density at radius 2 is 1.52 bits per heavy atom. The Balaban J connectivity index is 1.02. The van der Waals surface area contributed by atoms with Gasteiger partial charge in [-0.1, -0.05) is 62.8 Å². The molecule has 3 aromatic carbocycles. The first-order valence-electron chi connectivity index (χ1n) is 19.0. The van der Waals surface area contributed by atoms with Crippen molar-refractivity contribution in [2.24, 2.45) is 5.73 Å². The summed E-state index contributed by atoms with van der Waals surface area (Å²) in [5, 5.41) is 13.9. The Hall–Kier alpha value is -5.10. The van der Waals surface area contributed by atoms with Crippen LogP contribution < -0.4 is 30.0 Å². The van der Waals surface area contributed by atoms with E-state index in [1.54, 1.807) is 32.4 Å². The third kappa shape index (κ3) is 12.2. The topological polar surface area (TPSA) is 167 Å². The average Bonchev–Trinajstić information content (AvgIpc) is 3.43. The summed E-state index contributed by atoms with van der Waals surface area (Å²) < 4.78 is 22.4. The van der Waals surface area contributed by atoms with E-state index in [1.807, 2.05) is 30.3 Å². The van der Waals surface area contributed by atoms with Crippen LogP contribution in [0.4, 0.5) is 0 Å². The fraction of sp³-hybridized carbons (Fsp3) is 0.476. The number of nitrogens with two attached hydrogens (primary N) is 1. The van der Waals surface area contributed by atoms with Gasteiger partial charge in [0, 0.05) is 13.0 Å². The molecule has 12 nitrogen and oxygen atoms in total. The van der Waals surface area contributed by atoms with E-state index in [0.717, 1.165) is 92.6 Å². The number of nitrogens with zero attached hydrogens (tertiary/aromatic N) is 1. The van der Waals surface area contributed by atoms with Gasteiger partial charge in [-0.05, 0) is 86.1 Å². The highest BCUT2D eigenvalue weighted by Gasteiger charge is 2.43. The molecule has 0 aliphatic carbocycles. The van der Waals surface area contributed by atoms with Crippen molar-refractivity contribution in [3.63, 3.8) is 0 Å². The first kappa shape index (κ1) is 41.7. The van der Waals surface area contributed by atoms with Gasteiger partial charge in [0.2, 0.25) is 5.91 Å². The Morgan fingerprint density at radius 3 is 2.22 bits per heavy atom. The van der Waals surface area contributed by atoms with Crippen LogP contribution >= 0.6 is 0 Å². The molecule has 0 radical (unpaired) electrons. The standard InChI is InChI=1S/C42H55N3O9/c1-51-35-23-22-31(28-37(35)52-2)16-11-15-30-17-12-18-32(27-30)54-29-38(47)44-24-9-7-5-3-4-6-8-10-26-53-36-21-13-19-33-39(36)42(50)45(41(33)49)34(40(43)48)20-14-25-46/h12-13,17-19,21-23,25,27-28,34,42,50H,3-11,14-16,20,24,26,29H2,1-2H3,(H2,43,48)(H,44,47). The van der Waals surface area contributed by atoms with Gasteiger partial charge in [0.25, 0.3) is 11.8 Å². The van der Waals surface area contributed by atoms with Crippen molar-refractivity contribution in [3.05, 3.63) is 82.9 Å². The quantitative estimate of drug-likeness (QED) is 0.0675. The Morgan fingerprint density at radius 1 is 0.833 bits per heavy atom. The number of fused-ring (bicyclic) bond motifs is 1. The number of hydrogen-bond acceptors (Lipinski definition) is 9. The minimum atomic E-state index is -1.38. The third-order valence-corrected chi connectivity index (χ3v) is 9.57. The van der Waals surface area contributed by atoms with E-state index in [0.29, 0.717) is 36.5 Å². The van der Waals surface area contributed by atoms with E-state index in [2.05, 4.69) is 17.4 Å². The van der Waals surface area contributed by atoms with Crippen LogP contribution in [0, 0.1) is 0 Å². The van der Waals surface area contributed by atoms with Gasteiger partial charge in [0.05, 0.1) is 32.0 Å². The van der Waals surface area contributed by atoms with Gasteiger partial charge in [-0.15, -0.1) is 0 Å². The second kappa shape index (κ2) is 22.2. The van der Waals surface area contributed by atoms with Crippen LogP contribution in [0.5, 0.6) is 23.0 Å². The number of carbonyl (C=O) groups is 4. The van der Waals surface area contributed by atoms with E-state index in [-0.39, 0.29) is 30.9 Å². The molecule has 3 aromatic rings. The summed E-state index contributed by atoms with van der Waals surface area (Å²) in [6.07, 6.45) is 10.3. The van der Waals surface area contributed by atoms with E-state index < -0.39 is 24.1 Å². The molecule has 1 aliphatic rings. The predicted octanol–water partition coefficient (Wildman–Crippen LogP) is 5.85. The number of primary amides is 1. The molecule has 292 valence electrons. The number of benzene rings is 3. The van der Waals surface area contributed by atoms with Gasteiger partial charge >= 0.3 is 0 Å². The summed E-state index contributed by atoms with van der Waals surface area (Å²) in [5.41, 5.74) is 8.43. The van der Waals surface area contributed by atoms with Crippen molar-refractivity contribution >= 4 is 24.0 Å². The van der Waals surface area contributed by atoms with Crippen LogP contribution in [0.3, 0.4) is 0 Å². The summed E-state index contributed by atoms with van der Waals surface area (Å²) in [5.74, 6) is 1.13. The van der Waals surface area contributed by atoms with Gasteiger partial charge in [0.15, 0.2) is 24.3 Å². The molecule has 4 N–H and O–H groups in total. The number of aliphatic hydroxyl groups is 1. The maximum absolute atomic E-state index is 13.0. The molecule has 0 fully saturated rings. The van der Waals surface area contributed by atoms with Gasteiger partial charge in [-0.2, -0.15) is 0 Å². The van der Waals surface area contributed by atoms with Crippen molar-refractivity contribution < 1.29 is 43.2 Å². The average molecular weight is 746 g/mol. The lowest BCUT2D eigenvalue weighted by atomic mass is 10.0. The Kier molecular flexibility index (Phi) is 17.1. The van der Waals surface area contributed by atoms with E-state index in [4.69, 9.17) is 24.7 Å². The van der Waals surface area contributed by atoms with Gasteiger partial charge in [-0.25, -0.2) is 0 Å². The maximum atomic E-state index is 13.0. The summed E-state index contributed by atoms with van der Waals surface area (Å²) >= 11 is 0. The van der Waals surface area contributed by atoms with E-state index in [9.17, 15) is 24.3 Å². The molecule has 0 spiro atoms. The number of aryl methyl sites for hydroxylation is 2. The summed E-state index contributed by atoms with van der Waals surface area (Å²) in [4.78, 5) is 49.3. The number of rotatable bonds is 26.